The van der Waals surface area contributed by atoms with Gasteiger partial charge >= 0.3 is 17.9 Å². The van der Waals surface area contributed by atoms with E-state index in [-0.39, 0.29) is 25.9 Å². The molecule has 1 aliphatic rings. The Balaban J connectivity index is 2.98. The summed E-state index contributed by atoms with van der Waals surface area (Å²) in [6.07, 6.45) is -1.25. The summed E-state index contributed by atoms with van der Waals surface area (Å²) in [6, 6.07) is 0. The third kappa shape index (κ3) is 6.92. The van der Waals surface area contributed by atoms with E-state index in [1.807, 2.05) is 20.8 Å². The van der Waals surface area contributed by atoms with Crippen molar-refractivity contribution >= 4 is 17.9 Å². The number of rotatable bonds is 10. The summed E-state index contributed by atoms with van der Waals surface area (Å²) < 4.78 is 27.1. The predicted octanol–water partition coefficient (Wildman–Crippen LogP) is 2.12. The number of hydrogen-bond acceptors (Lipinski definition) is 8. The zero-order valence-electron chi connectivity index (χ0n) is 16.0. The lowest BCUT2D eigenvalue weighted by molar-refractivity contribution is -0.275. The Hall–Kier alpha value is -1.67. The monoisotopic (exact) mass is 374 g/mol. The van der Waals surface area contributed by atoms with Gasteiger partial charge in [-0.15, -0.1) is 0 Å². The minimum Gasteiger partial charge on any atom is -0.456 e. The van der Waals surface area contributed by atoms with Crippen LogP contribution in [-0.2, 0) is 38.1 Å². The maximum atomic E-state index is 12.0. The van der Waals surface area contributed by atoms with E-state index < -0.39 is 42.5 Å². The van der Waals surface area contributed by atoms with Crippen molar-refractivity contribution in [2.45, 2.75) is 83.9 Å². The second kappa shape index (κ2) is 11.9. The van der Waals surface area contributed by atoms with Crippen LogP contribution >= 0.6 is 0 Å². The van der Waals surface area contributed by atoms with Crippen molar-refractivity contribution in [1.82, 2.24) is 0 Å². The molecule has 0 saturated carbocycles. The van der Waals surface area contributed by atoms with E-state index in [0.29, 0.717) is 19.3 Å². The van der Waals surface area contributed by atoms with Gasteiger partial charge in [0.2, 0.25) is 0 Å². The first-order chi connectivity index (χ1) is 12.5. The summed E-state index contributed by atoms with van der Waals surface area (Å²) in [7, 11) is 1.40. The van der Waals surface area contributed by atoms with Crippen molar-refractivity contribution in [3.8, 4) is 0 Å². The molecule has 8 heteroatoms. The molecule has 0 amide bonds. The zero-order chi connectivity index (χ0) is 19.5. The molecule has 1 fully saturated rings. The maximum absolute atomic E-state index is 12.0. The predicted molar refractivity (Wildman–Crippen MR) is 91.1 cm³/mol. The van der Waals surface area contributed by atoms with Crippen LogP contribution in [0, 0.1) is 0 Å². The summed E-state index contributed by atoms with van der Waals surface area (Å²) in [6.45, 7) is 5.54. The Morgan fingerprint density at radius 3 is 1.73 bits per heavy atom. The average molecular weight is 374 g/mol. The highest BCUT2D eigenvalue weighted by Crippen LogP contribution is 2.26. The fourth-order valence-corrected chi connectivity index (χ4v) is 2.58. The summed E-state index contributed by atoms with van der Waals surface area (Å²) in [5.74, 6) is -1.34. The molecule has 1 rings (SSSR count). The minimum absolute atomic E-state index is 0.0140. The standard InChI is InChI=1S/C18H30O8/c1-5-8-13(19)24-12-11-23-18(22-4)17(26-15(21)10-7-3)16(12)25-14(20)9-6-2/h12,16-18H,5-11H2,1-4H3/t12-,16+,17-,18-/m1/s1. The van der Waals surface area contributed by atoms with Crippen molar-refractivity contribution in [3.63, 3.8) is 0 Å². The fraction of sp³-hybridized carbons (Fsp3) is 0.833. The summed E-state index contributed by atoms with van der Waals surface area (Å²) in [4.78, 5) is 35.9. The molecule has 0 bridgehead atoms. The number of carbonyl (C=O) groups excluding carboxylic acids is 3. The molecule has 4 atom stereocenters. The fourth-order valence-electron chi connectivity index (χ4n) is 2.58. The lowest BCUT2D eigenvalue weighted by Crippen LogP contribution is -2.58. The van der Waals surface area contributed by atoms with E-state index in [2.05, 4.69) is 0 Å². The van der Waals surface area contributed by atoms with Gasteiger partial charge in [-0.05, 0) is 19.3 Å². The van der Waals surface area contributed by atoms with Crippen LogP contribution < -0.4 is 0 Å². The molecule has 1 heterocycles. The molecule has 150 valence electrons. The van der Waals surface area contributed by atoms with Gasteiger partial charge in [0.05, 0.1) is 6.61 Å². The normalized spacial score (nSPS) is 25.4. The van der Waals surface area contributed by atoms with E-state index in [9.17, 15) is 14.4 Å². The first-order valence-corrected chi connectivity index (χ1v) is 9.19. The van der Waals surface area contributed by atoms with Crippen LogP contribution in [0.4, 0.5) is 0 Å². The van der Waals surface area contributed by atoms with Gasteiger partial charge in [0.1, 0.15) is 0 Å². The zero-order valence-corrected chi connectivity index (χ0v) is 16.0. The van der Waals surface area contributed by atoms with E-state index in [1.165, 1.54) is 7.11 Å². The Morgan fingerprint density at radius 2 is 1.27 bits per heavy atom. The summed E-state index contributed by atoms with van der Waals surface area (Å²) in [5.41, 5.74) is 0. The highest BCUT2D eigenvalue weighted by Gasteiger charge is 2.47. The van der Waals surface area contributed by atoms with E-state index in [0.717, 1.165) is 0 Å². The van der Waals surface area contributed by atoms with Gasteiger partial charge in [-0.1, -0.05) is 20.8 Å². The Morgan fingerprint density at radius 1 is 0.808 bits per heavy atom. The molecule has 0 unspecified atom stereocenters. The molecule has 0 N–H and O–H groups in total. The van der Waals surface area contributed by atoms with Crippen LogP contribution in [-0.4, -0.2) is 56.2 Å². The van der Waals surface area contributed by atoms with E-state index >= 15 is 0 Å². The smallest absolute Gasteiger partial charge is 0.306 e. The van der Waals surface area contributed by atoms with Crippen molar-refractivity contribution in [2.24, 2.45) is 0 Å². The Kier molecular flexibility index (Phi) is 10.2. The van der Waals surface area contributed by atoms with Gasteiger partial charge < -0.3 is 23.7 Å². The van der Waals surface area contributed by atoms with Crippen LogP contribution in [0.25, 0.3) is 0 Å². The van der Waals surface area contributed by atoms with Gasteiger partial charge in [0.15, 0.2) is 24.6 Å². The van der Waals surface area contributed by atoms with Crippen LogP contribution in [0.5, 0.6) is 0 Å². The third-order valence-corrected chi connectivity index (χ3v) is 3.80. The van der Waals surface area contributed by atoms with Crippen molar-refractivity contribution in [1.29, 1.82) is 0 Å². The summed E-state index contributed by atoms with van der Waals surface area (Å²) in [5, 5.41) is 0. The SMILES string of the molecule is CCCC(=O)O[C@@H]1[C@@H](OC(=O)CCC)[C@H](OC)OC[C@H]1OC(=O)CCC. The molecular formula is C18H30O8. The van der Waals surface area contributed by atoms with Gasteiger partial charge in [-0.25, -0.2) is 0 Å². The molecule has 0 aromatic rings. The largest absolute Gasteiger partial charge is 0.456 e. The second-order valence-corrected chi connectivity index (χ2v) is 6.12. The molecule has 26 heavy (non-hydrogen) atoms. The molecule has 0 aromatic carbocycles. The number of methoxy groups -OCH3 is 1. The lowest BCUT2D eigenvalue weighted by atomic mass is 10.0. The molecule has 0 aromatic heterocycles. The molecule has 1 aliphatic heterocycles. The molecule has 8 nitrogen and oxygen atoms in total. The molecule has 0 spiro atoms. The topological polar surface area (TPSA) is 97.4 Å². The van der Waals surface area contributed by atoms with Gasteiger partial charge in [-0.3, -0.25) is 14.4 Å². The van der Waals surface area contributed by atoms with Crippen LogP contribution in [0.2, 0.25) is 0 Å². The number of esters is 3. The van der Waals surface area contributed by atoms with Crippen LogP contribution in [0.3, 0.4) is 0 Å². The second-order valence-electron chi connectivity index (χ2n) is 6.12. The van der Waals surface area contributed by atoms with Gasteiger partial charge in [0, 0.05) is 26.4 Å². The molecule has 1 saturated heterocycles. The highest BCUT2D eigenvalue weighted by molar-refractivity contribution is 5.71. The maximum Gasteiger partial charge on any atom is 0.306 e. The molecular weight excluding hydrogens is 344 g/mol. The third-order valence-electron chi connectivity index (χ3n) is 3.80. The summed E-state index contributed by atoms with van der Waals surface area (Å²) >= 11 is 0. The number of carbonyl (C=O) groups is 3. The van der Waals surface area contributed by atoms with Crippen molar-refractivity contribution in [2.75, 3.05) is 13.7 Å². The lowest BCUT2D eigenvalue weighted by Gasteiger charge is -2.40. The molecule has 0 aliphatic carbocycles. The van der Waals surface area contributed by atoms with Crippen LogP contribution in [0.15, 0.2) is 0 Å². The molecule has 0 radical (unpaired) electrons. The quantitative estimate of drug-likeness (QED) is 0.424. The van der Waals surface area contributed by atoms with E-state index in [4.69, 9.17) is 23.7 Å². The van der Waals surface area contributed by atoms with Gasteiger partial charge in [0.25, 0.3) is 0 Å². The van der Waals surface area contributed by atoms with Crippen molar-refractivity contribution in [3.05, 3.63) is 0 Å². The first kappa shape index (κ1) is 22.4. The van der Waals surface area contributed by atoms with Gasteiger partial charge in [-0.2, -0.15) is 0 Å². The van der Waals surface area contributed by atoms with E-state index in [1.54, 1.807) is 0 Å². The Labute approximate surface area is 154 Å². The highest BCUT2D eigenvalue weighted by atomic mass is 16.7. The minimum atomic E-state index is -1.01. The number of hydrogen-bond donors (Lipinski definition) is 0. The Bertz CT molecular complexity index is 464. The number of ether oxygens (including phenoxy) is 5. The average Bonchev–Trinajstić information content (AvgIpc) is 2.58. The van der Waals surface area contributed by atoms with Crippen molar-refractivity contribution < 1.29 is 38.1 Å². The first-order valence-electron chi connectivity index (χ1n) is 9.19. The van der Waals surface area contributed by atoms with Crippen LogP contribution in [0.1, 0.15) is 59.3 Å².